The molecular formula is C40H38N4O4. The number of rotatable bonds is 8. The van der Waals surface area contributed by atoms with Gasteiger partial charge in [-0.25, -0.2) is 0 Å². The van der Waals surface area contributed by atoms with Crippen molar-refractivity contribution in [3.8, 4) is 23.0 Å². The number of phenols is 4. The maximum absolute atomic E-state index is 9.84. The Kier molecular flexibility index (Phi) is 11.8. The van der Waals surface area contributed by atoms with Crippen LogP contribution in [0.1, 0.15) is 47.9 Å². The Morgan fingerprint density at radius 2 is 0.688 bits per heavy atom. The zero-order chi connectivity index (χ0) is 33.6. The molecule has 4 N–H and O–H groups in total. The zero-order valence-electron chi connectivity index (χ0n) is 26.4. The van der Waals surface area contributed by atoms with E-state index in [0.29, 0.717) is 22.5 Å². The van der Waals surface area contributed by atoms with Crippen LogP contribution in [0.4, 0.5) is 11.4 Å². The van der Waals surface area contributed by atoms with Gasteiger partial charge in [-0.2, -0.15) is 0 Å². The molecule has 0 aliphatic heterocycles. The molecule has 6 rings (SSSR count). The molecular weight excluding hydrogens is 600 g/mol. The normalized spacial score (nSPS) is 16.4. The van der Waals surface area contributed by atoms with Crippen LogP contribution in [0.2, 0.25) is 0 Å². The first kappa shape index (κ1) is 33.3. The topological polar surface area (TPSA) is 130 Å². The van der Waals surface area contributed by atoms with Gasteiger partial charge in [0.05, 0.1) is 23.5 Å². The van der Waals surface area contributed by atoms with Crippen LogP contribution in [0.15, 0.2) is 141 Å². The van der Waals surface area contributed by atoms with Gasteiger partial charge in [0.1, 0.15) is 23.0 Å². The summed E-state index contributed by atoms with van der Waals surface area (Å²) in [4.78, 5) is 18.2. The van der Waals surface area contributed by atoms with Crippen LogP contribution < -0.4 is 0 Å². The average Bonchev–Trinajstić information content (AvgIpc) is 3.11. The fraction of sp³-hybridized carbons (Fsp3) is 0.150. The van der Waals surface area contributed by atoms with E-state index in [2.05, 4.69) is 20.0 Å². The van der Waals surface area contributed by atoms with Crippen LogP contribution in [0, 0.1) is 0 Å². The van der Waals surface area contributed by atoms with E-state index in [9.17, 15) is 20.4 Å². The van der Waals surface area contributed by atoms with Gasteiger partial charge in [0.2, 0.25) is 0 Å². The molecule has 8 heteroatoms. The number of para-hydroxylation sites is 6. The molecule has 1 aliphatic carbocycles. The summed E-state index contributed by atoms with van der Waals surface area (Å²) in [5.74, 6) is 0.838. The maximum atomic E-state index is 9.84. The lowest BCUT2D eigenvalue weighted by Gasteiger charge is -2.25. The highest BCUT2D eigenvalue weighted by atomic mass is 16.3. The summed E-state index contributed by atoms with van der Waals surface area (Å²) in [5, 5.41) is 39.3. The maximum Gasteiger partial charge on any atom is 0.124 e. The van der Waals surface area contributed by atoms with Crippen molar-refractivity contribution in [2.24, 2.45) is 20.0 Å². The molecule has 0 spiro atoms. The highest BCUT2D eigenvalue weighted by molar-refractivity contribution is 5.89. The van der Waals surface area contributed by atoms with E-state index in [1.807, 2.05) is 60.7 Å². The predicted octanol–water partition coefficient (Wildman–Crippen LogP) is 8.55. The molecule has 0 heterocycles. The number of benzene rings is 5. The molecule has 0 bridgehead atoms. The second-order valence-corrected chi connectivity index (χ2v) is 11.2. The Hall–Kier alpha value is -6.02. The minimum Gasteiger partial charge on any atom is -0.507 e. The Morgan fingerprint density at radius 1 is 0.396 bits per heavy atom. The molecule has 0 radical (unpaired) electrons. The fourth-order valence-electron chi connectivity index (χ4n) is 5.14. The molecule has 1 fully saturated rings. The summed E-state index contributed by atoms with van der Waals surface area (Å²) < 4.78 is 0. The molecule has 5 aromatic carbocycles. The van der Waals surface area contributed by atoms with Gasteiger partial charge in [0.25, 0.3) is 0 Å². The fourth-order valence-corrected chi connectivity index (χ4v) is 5.14. The predicted molar refractivity (Wildman–Crippen MR) is 195 cm³/mol. The number of hydrogen-bond acceptors (Lipinski definition) is 8. The average molecular weight is 639 g/mol. The van der Waals surface area contributed by atoms with Crippen LogP contribution in [0.25, 0.3) is 0 Å². The third-order valence-corrected chi connectivity index (χ3v) is 7.82. The molecule has 2 atom stereocenters. The van der Waals surface area contributed by atoms with Crippen LogP contribution >= 0.6 is 0 Å². The Bertz CT molecular complexity index is 1780. The van der Waals surface area contributed by atoms with Gasteiger partial charge in [-0.15, -0.1) is 0 Å². The number of phenolic OH excluding ortho intramolecular Hbond substituents is 4. The van der Waals surface area contributed by atoms with Gasteiger partial charge >= 0.3 is 0 Å². The largest absolute Gasteiger partial charge is 0.507 e. The molecule has 5 aromatic rings. The number of hydrogen-bond donors (Lipinski definition) is 4. The summed E-state index contributed by atoms with van der Waals surface area (Å²) in [6, 6.07) is 36.0. The van der Waals surface area contributed by atoms with E-state index in [0.717, 1.165) is 36.8 Å². The van der Waals surface area contributed by atoms with Gasteiger partial charge in [0.15, 0.2) is 0 Å². The first-order valence-corrected chi connectivity index (χ1v) is 15.8. The highest BCUT2D eigenvalue weighted by Gasteiger charge is 2.23. The lowest BCUT2D eigenvalue weighted by Crippen LogP contribution is -2.27. The lowest BCUT2D eigenvalue weighted by molar-refractivity contribution is 0.390. The Balaban J connectivity index is 0.000000188. The van der Waals surface area contributed by atoms with Crippen molar-refractivity contribution in [1.29, 1.82) is 0 Å². The van der Waals surface area contributed by atoms with Crippen molar-refractivity contribution < 1.29 is 20.4 Å². The van der Waals surface area contributed by atoms with Crippen LogP contribution in [-0.2, 0) is 0 Å². The van der Waals surface area contributed by atoms with Gasteiger partial charge in [0, 0.05) is 47.1 Å². The molecule has 8 nitrogen and oxygen atoms in total. The molecule has 0 amide bonds. The second-order valence-electron chi connectivity index (χ2n) is 11.2. The van der Waals surface area contributed by atoms with Gasteiger partial charge in [-0.1, -0.05) is 73.5 Å². The summed E-state index contributed by atoms with van der Waals surface area (Å²) in [6.07, 6.45) is 11.0. The summed E-state index contributed by atoms with van der Waals surface area (Å²) in [5.41, 5.74) is 4.08. The monoisotopic (exact) mass is 638 g/mol. The van der Waals surface area contributed by atoms with Gasteiger partial charge in [-0.05, 0) is 73.5 Å². The molecule has 1 aliphatic rings. The van der Waals surface area contributed by atoms with Crippen molar-refractivity contribution in [2.75, 3.05) is 0 Å². The smallest absolute Gasteiger partial charge is 0.124 e. The number of nitrogens with zero attached hydrogens (tertiary/aromatic N) is 4. The number of aliphatic imine (C=N–C) groups is 4. The van der Waals surface area contributed by atoms with Crippen molar-refractivity contribution >= 4 is 36.2 Å². The van der Waals surface area contributed by atoms with Crippen molar-refractivity contribution in [3.63, 3.8) is 0 Å². The standard InChI is InChI=1S/C20H22N2O2.C20H16N2O2/c2*23-19-11-5-1-7-15(19)13-21-17-9-3-4-10-18(17)22-14-16-8-2-6-12-20(16)24/h1-2,5-8,11-14,17-18,23-24H,3-4,9-10H2;1-14,23-24H. The molecule has 1 saturated carbocycles. The SMILES string of the molecule is Oc1ccccc1C=NC1CCCCC1N=Cc1ccccc1O.Oc1ccccc1C=Nc1ccccc1N=Cc1ccccc1O. The third kappa shape index (κ3) is 9.50. The van der Waals surface area contributed by atoms with E-state index in [4.69, 9.17) is 0 Å². The van der Waals surface area contributed by atoms with E-state index in [-0.39, 0.29) is 35.1 Å². The summed E-state index contributed by atoms with van der Waals surface area (Å²) in [7, 11) is 0. The second kappa shape index (κ2) is 17.1. The van der Waals surface area contributed by atoms with E-state index in [1.54, 1.807) is 85.5 Å². The van der Waals surface area contributed by atoms with Crippen LogP contribution in [0.5, 0.6) is 23.0 Å². The molecule has 0 saturated heterocycles. The van der Waals surface area contributed by atoms with Gasteiger partial charge < -0.3 is 20.4 Å². The lowest BCUT2D eigenvalue weighted by atomic mass is 9.91. The molecule has 2 unspecified atom stereocenters. The van der Waals surface area contributed by atoms with E-state index < -0.39 is 0 Å². The van der Waals surface area contributed by atoms with Gasteiger partial charge in [-0.3, -0.25) is 20.0 Å². The van der Waals surface area contributed by atoms with E-state index >= 15 is 0 Å². The summed E-state index contributed by atoms with van der Waals surface area (Å²) in [6.45, 7) is 0. The summed E-state index contributed by atoms with van der Waals surface area (Å²) >= 11 is 0. The van der Waals surface area contributed by atoms with Crippen molar-refractivity contribution in [2.45, 2.75) is 37.8 Å². The first-order chi connectivity index (χ1) is 23.5. The first-order valence-electron chi connectivity index (χ1n) is 15.8. The molecule has 242 valence electrons. The number of aromatic hydroxyl groups is 4. The minimum atomic E-state index is 0.112. The molecule has 48 heavy (non-hydrogen) atoms. The highest BCUT2D eigenvalue weighted by Crippen LogP contribution is 2.29. The van der Waals surface area contributed by atoms with Crippen LogP contribution in [0.3, 0.4) is 0 Å². The minimum absolute atomic E-state index is 0.112. The quantitative estimate of drug-likeness (QED) is 0.127. The van der Waals surface area contributed by atoms with Crippen molar-refractivity contribution in [1.82, 2.24) is 0 Å². The third-order valence-electron chi connectivity index (χ3n) is 7.82. The zero-order valence-corrected chi connectivity index (χ0v) is 26.4. The van der Waals surface area contributed by atoms with Crippen molar-refractivity contribution in [3.05, 3.63) is 144 Å². The van der Waals surface area contributed by atoms with E-state index in [1.165, 1.54) is 0 Å². The van der Waals surface area contributed by atoms with Crippen LogP contribution in [-0.4, -0.2) is 57.4 Å². The molecule has 0 aromatic heterocycles. The Morgan fingerprint density at radius 3 is 1.02 bits per heavy atom. The Labute approximate surface area is 280 Å².